The fraction of sp³-hybridized carbons (Fsp3) is 0.185. The number of aliphatic carboxylic acids is 1. The van der Waals surface area contributed by atoms with Gasteiger partial charge in [-0.2, -0.15) is 0 Å². The number of ether oxygens (including phenoxy) is 2. The number of fused-ring (bicyclic) bond motifs is 3. The van der Waals surface area contributed by atoms with Crippen molar-refractivity contribution in [1.29, 1.82) is 0 Å². The smallest absolute Gasteiger partial charge is 0.309 e. The topological polar surface area (TPSA) is 73.6 Å². The summed E-state index contributed by atoms with van der Waals surface area (Å²) in [5, 5.41) is 9.18. The molecule has 1 aliphatic carbocycles. The fourth-order valence-electron chi connectivity index (χ4n) is 4.72. The van der Waals surface area contributed by atoms with Crippen LogP contribution in [0.4, 0.5) is 0 Å². The van der Waals surface area contributed by atoms with Crippen molar-refractivity contribution in [1.82, 2.24) is 9.55 Å². The molecule has 0 bridgehead atoms. The number of benzene rings is 3. The summed E-state index contributed by atoms with van der Waals surface area (Å²) in [5.74, 6) is -0.101. The molecule has 0 atom stereocenters. The first kappa shape index (κ1) is 21.0. The third-order valence-electron chi connectivity index (χ3n) is 6.18. The van der Waals surface area contributed by atoms with E-state index in [9.17, 15) is 9.90 Å². The van der Waals surface area contributed by atoms with Gasteiger partial charge in [-0.25, -0.2) is 4.98 Å². The Labute approximate surface area is 192 Å². The molecule has 6 nitrogen and oxygen atoms in total. The number of aromatic nitrogens is 2. The zero-order valence-corrected chi connectivity index (χ0v) is 18.3. The molecule has 0 amide bonds. The third-order valence-corrected chi connectivity index (χ3v) is 6.18. The van der Waals surface area contributed by atoms with Crippen molar-refractivity contribution in [2.45, 2.75) is 18.6 Å². The number of methoxy groups -OCH3 is 1. The SMILES string of the molecule is COc1ccc(C2(OCCn3cncc3CC(=O)O)c3ccccc3-c3ccccc32)cc1. The molecule has 166 valence electrons. The Kier molecular flexibility index (Phi) is 5.44. The molecular formula is C27H24N2O4. The number of carboxylic acids is 1. The lowest BCUT2D eigenvalue weighted by Crippen LogP contribution is -2.32. The van der Waals surface area contributed by atoms with E-state index in [1.165, 1.54) is 0 Å². The number of hydrogen-bond acceptors (Lipinski definition) is 4. The Morgan fingerprint density at radius 1 is 0.970 bits per heavy atom. The van der Waals surface area contributed by atoms with E-state index < -0.39 is 11.6 Å². The molecule has 0 aliphatic heterocycles. The lowest BCUT2D eigenvalue weighted by Gasteiger charge is -2.33. The monoisotopic (exact) mass is 440 g/mol. The highest BCUT2D eigenvalue weighted by atomic mass is 16.5. The molecule has 1 N–H and O–H groups in total. The Morgan fingerprint density at radius 3 is 2.21 bits per heavy atom. The van der Waals surface area contributed by atoms with Gasteiger partial charge in [0, 0.05) is 29.6 Å². The van der Waals surface area contributed by atoms with Crippen LogP contribution in [0.15, 0.2) is 85.3 Å². The molecule has 0 spiro atoms. The van der Waals surface area contributed by atoms with Crippen molar-refractivity contribution < 1.29 is 19.4 Å². The third kappa shape index (κ3) is 3.58. The van der Waals surface area contributed by atoms with E-state index in [1.54, 1.807) is 19.6 Å². The van der Waals surface area contributed by atoms with Gasteiger partial charge in [0.25, 0.3) is 0 Å². The number of carboxylic acid groups (broad SMARTS) is 1. The first-order valence-corrected chi connectivity index (χ1v) is 10.8. The predicted molar refractivity (Wildman–Crippen MR) is 124 cm³/mol. The number of carbonyl (C=O) groups is 1. The molecule has 1 aliphatic rings. The van der Waals surface area contributed by atoms with Crippen LogP contribution in [0, 0.1) is 0 Å². The molecule has 1 heterocycles. The lowest BCUT2D eigenvalue weighted by atomic mass is 9.84. The molecular weight excluding hydrogens is 416 g/mol. The lowest BCUT2D eigenvalue weighted by molar-refractivity contribution is -0.136. The van der Waals surface area contributed by atoms with E-state index in [1.807, 2.05) is 53.1 Å². The zero-order chi connectivity index (χ0) is 22.8. The van der Waals surface area contributed by atoms with E-state index in [4.69, 9.17) is 9.47 Å². The van der Waals surface area contributed by atoms with Crippen LogP contribution in [0.5, 0.6) is 5.75 Å². The normalized spacial score (nSPS) is 13.4. The van der Waals surface area contributed by atoms with Crippen molar-refractivity contribution in [3.05, 3.63) is 108 Å². The number of imidazole rings is 1. The highest BCUT2D eigenvalue weighted by molar-refractivity contribution is 5.82. The first-order valence-electron chi connectivity index (χ1n) is 10.8. The summed E-state index contributed by atoms with van der Waals surface area (Å²) < 4.78 is 14.0. The molecule has 0 unspecified atom stereocenters. The number of nitrogens with zero attached hydrogens (tertiary/aromatic N) is 2. The van der Waals surface area contributed by atoms with E-state index in [0.717, 1.165) is 33.6 Å². The molecule has 33 heavy (non-hydrogen) atoms. The average Bonchev–Trinajstić information content (AvgIpc) is 3.40. The van der Waals surface area contributed by atoms with Gasteiger partial charge in [0.05, 0.1) is 26.5 Å². The average molecular weight is 440 g/mol. The predicted octanol–water partition coefficient (Wildman–Crippen LogP) is 4.51. The van der Waals surface area contributed by atoms with Crippen molar-refractivity contribution >= 4 is 5.97 Å². The molecule has 0 saturated carbocycles. The van der Waals surface area contributed by atoms with Gasteiger partial charge in [-0.1, -0.05) is 60.7 Å². The van der Waals surface area contributed by atoms with E-state index in [2.05, 4.69) is 29.2 Å². The van der Waals surface area contributed by atoms with Gasteiger partial charge in [0.15, 0.2) is 0 Å². The van der Waals surface area contributed by atoms with Crippen molar-refractivity contribution in [2.75, 3.05) is 13.7 Å². The molecule has 0 fully saturated rings. The summed E-state index contributed by atoms with van der Waals surface area (Å²) >= 11 is 0. The molecule has 6 heteroatoms. The van der Waals surface area contributed by atoms with Gasteiger partial charge in [-0.3, -0.25) is 4.79 Å². The summed E-state index contributed by atoms with van der Waals surface area (Å²) in [5.41, 5.74) is 5.36. The Bertz CT molecular complexity index is 1250. The molecule has 3 aromatic carbocycles. The minimum Gasteiger partial charge on any atom is -0.497 e. The molecule has 4 aromatic rings. The first-order chi connectivity index (χ1) is 16.1. The van der Waals surface area contributed by atoms with Crippen LogP contribution in [0.2, 0.25) is 0 Å². The van der Waals surface area contributed by atoms with Crippen LogP contribution in [0.25, 0.3) is 11.1 Å². The van der Waals surface area contributed by atoms with Gasteiger partial charge >= 0.3 is 5.97 Å². The van der Waals surface area contributed by atoms with Crippen LogP contribution in [-0.2, 0) is 28.1 Å². The van der Waals surface area contributed by atoms with E-state index in [-0.39, 0.29) is 6.42 Å². The van der Waals surface area contributed by atoms with Crippen LogP contribution < -0.4 is 4.74 Å². The zero-order valence-electron chi connectivity index (χ0n) is 18.3. The maximum Gasteiger partial charge on any atom is 0.309 e. The van der Waals surface area contributed by atoms with Gasteiger partial charge in [0.1, 0.15) is 11.4 Å². The van der Waals surface area contributed by atoms with E-state index >= 15 is 0 Å². The minimum absolute atomic E-state index is 0.0741. The number of rotatable bonds is 8. The summed E-state index contributed by atoms with van der Waals surface area (Å²) in [6, 6.07) is 24.6. The minimum atomic E-state index is -0.883. The van der Waals surface area contributed by atoms with Gasteiger partial charge in [-0.05, 0) is 28.8 Å². The highest BCUT2D eigenvalue weighted by Gasteiger charge is 2.45. The quantitative estimate of drug-likeness (QED) is 0.437. The maximum atomic E-state index is 11.2. The number of hydrogen-bond donors (Lipinski definition) is 1. The van der Waals surface area contributed by atoms with Crippen LogP contribution >= 0.6 is 0 Å². The Hall–Kier alpha value is -3.90. The summed E-state index contributed by atoms with van der Waals surface area (Å²) in [7, 11) is 1.65. The van der Waals surface area contributed by atoms with Gasteiger partial charge in [0.2, 0.25) is 0 Å². The highest BCUT2D eigenvalue weighted by Crippen LogP contribution is 2.53. The summed E-state index contributed by atoms with van der Waals surface area (Å²) in [6.45, 7) is 0.864. The van der Waals surface area contributed by atoms with Crippen molar-refractivity contribution in [3.63, 3.8) is 0 Å². The van der Waals surface area contributed by atoms with Gasteiger partial charge in [-0.15, -0.1) is 0 Å². The summed E-state index contributed by atoms with van der Waals surface area (Å²) in [4.78, 5) is 15.3. The molecule has 5 rings (SSSR count). The van der Waals surface area contributed by atoms with Gasteiger partial charge < -0.3 is 19.1 Å². The summed E-state index contributed by atoms with van der Waals surface area (Å²) in [6.07, 6.45) is 3.17. The maximum absolute atomic E-state index is 11.2. The fourth-order valence-corrected chi connectivity index (χ4v) is 4.72. The molecule has 1 aromatic heterocycles. The molecule has 0 radical (unpaired) electrons. The Balaban J connectivity index is 1.57. The second kappa shape index (κ2) is 8.56. The standard InChI is InChI=1S/C27H24N2O4/c1-32-21-12-10-19(11-13-21)27(33-15-14-29-18-28-17-20(29)16-26(30)31)24-8-4-2-6-22(24)23-7-3-5-9-25(23)27/h2-13,17-18H,14-16H2,1H3,(H,30,31). The van der Waals surface area contributed by atoms with E-state index in [0.29, 0.717) is 18.8 Å². The second-order valence-corrected chi connectivity index (χ2v) is 8.00. The van der Waals surface area contributed by atoms with Crippen molar-refractivity contribution in [2.24, 2.45) is 0 Å². The van der Waals surface area contributed by atoms with Crippen LogP contribution in [0.1, 0.15) is 22.4 Å². The Morgan fingerprint density at radius 2 is 1.61 bits per heavy atom. The van der Waals surface area contributed by atoms with Crippen molar-refractivity contribution in [3.8, 4) is 16.9 Å². The van der Waals surface area contributed by atoms with Crippen LogP contribution in [-0.4, -0.2) is 34.3 Å². The van der Waals surface area contributed by atoms with Crippen LogP contribution in [0.3, 0.4) is 0 Å². The second-order valence-electron chi connectivity index (χ2n) is 8.00. The molecule has 0 saturated heterocycles. The largest absolute Gasteiger partial charge is 0.497 e.